The van der Waals surface area contributed by atoms with Crippen molar-refractivity contribution >= 4 is 11.6 Å². The SMILES string of the molecule is CCNc1cc(C)ccc1C(=O)NCC1CN(C)CCO1. The second kappa shape index (κ2) is 7.43. The van der Waals surface area contributed by atoms with Crippen LogP contribution in [0.3, 0.4) is 0 Å². The van der Waals surface area contributed by atoms with Crippen molar-refractivity contribution in [2.75, 3.05) is 45.2 Å². The van der Waals surface area contributed by atoms with Gasteiger partial charge in [-0.1, -0.05) is 6.07 Å². The number of rotatable bonds is 5. The molecule has 5 nitrogen and oxygen atoms in total. The molecule has 1 aromatic carbocycles. The first kappa shape index (κ1) is 15.8. The lowest BCUT2D eigenvalue weighted by atomic mass is 10.1. The predicted octanol–water partition coefficient (Wildman–Crippen LogP) is 1.49. The standard InChI is InChI=1S/C16H25N3O2/c1-4-17-15-9-12(2)5-6-14(15)16(20)18-10-13-11-19(3)7-8-21-13/h5-6,9,13,17H,4,7-8,10-11H2,1-3H3,(H,18,20). The number of benzene rings is 1. The Morgan fingerprint density at radius 2 is 2.29 bits per heavy atom. The highest BCUT2D eigenvalue weighted by Gasteiger charge is 2.19. The van der Waals surface area contributed by atoms with Crippen LogP contribution in [0.5, 0.6) is 0 Å². The molecule has 0 aliphatic carbocycles. The van der Waals surface area contributed by atoms with E-state index >= 15 is 0 Å². The minimum Gasteiger partial charge on any atom is -0.385 e. The van der Waals surface area contributed by atoms with Crippen LogP contribution in [0.25, 0.3) is 0 Å². The number of carbonyl (C=O) groups excluding carboxylic acids is 1. The molecular weight excluding hydrogens is 266 g/mol. The third kappa shape index (κ3) is 4.44. The van der Waals surface area contributed by atoms with Crippen molar-refractivity contribution in [3.63, 3.8) is 0 Å². The highest BCUT2D eigenvalue weighted by atomic mass is 16.5. The lowest BCUT2D eigenvalue weighted by Crippen LogP contribution is -2.46. The number of hydrogen-bond acceptors (Lipinski definition) is 4. The maximum absolute atomic E-state index is 12.4. The van der Waals surface area contributed by atoms with Gasteiger partial charge < -0.3 is 20.3 Å². The number of amides is 1. The molecule has 0 spiro atoms. The fourth-order valence-electron chi connectivity index (χ4n) is 2.48. The first-order valence-electron chi connectivity index (χ1n) is 7.53. The van der Waals surface area contributed by atoms with E-state index in [0.717, 1.165) is 37.5 Å². The molecule has 1 fully saturated rings. The van der Waals surface area contributed by atoms with Crippen molar-refractivity contribution in [2.45, 2.75) is 20.0 Å². The molecule has 0 radical (unpaired) electrons. The summed E-state index contributed by atoms with van der Waals surface area (Å²) in [5.74, 6) is -0.0530. The van der Waals surface area contributed by atoms with Crippen molar-refractivity contribution < 1.29 is 9.53 Å². The van der Waals surface area contributed by atoms with Gasteiger partial charge in [0.1, 0.15) is 0 Å². The van der Waals surface area contributed by atoms with Crippen LogP contribution in [-0.2, 0) is 4.74 Å². The lowest BCUT2D eigenvalue weighted by molar-refractivity contribution is -0.0174. The van der Waals surface area contributed by atoms with Gasteiger partial charge in [-0.15, -0.1) is 0 Å². The Labute approximate surface area is 126 Å². The predicted molar refractivity (Wildman–Crippen MR) is 84.9 cm³/mol. The van der Waals surface area contributed by atoms with Gasteiger partial charge in [0.25, 0.3) is 5.91 Å². The molecule has 1 heterocycles. The molecule has 0 aromatic heterocycles. The summed E-state index contributed by atoms with van der Waals surface area (Å²) in [4.78, 5) is 14.6. The Hall–Kier alpha value is -1.59. The van der Waals surface area contributed by atoms with Crippen LogP contribution in [0, 0.1) is 6.92 Å². The first-order valence-corrected chi connectivity index (χ1v) is 7.53. The first-order chi connectivity index (χ1) is 10.1. The zero-order valence-corrected chi connectivity index (χ0v) is 13.1. The Kier molecular flexibility index (Phi) is 5.59. The summed E-state index contributed by atoms with van der Waals surface area (Å²) in [6.07, 6.45) is 0.0701. The van der Waals surface area contributed by atoms with Crippen molar-refractivity contribution in [3.8, 4) is 0 Å². The Bertz CT molecular complexity index is 490. The molecular formula is C16H25N3O2. The number of likely N-dealkylation sites (N-methyl/N-ethyl adjacent to an activating group) is 1. The fraction of sp³-hybridized carbons (Fsp3) is 0.562. The van der Waals surface area contributed by atoms with E-state index in [-0.39, 0.29) is 12.0 Å². The van der Waals surface area contributed by atoms with Gasteiger partial charge in [-0.2, -0.15) is 0 Å². The van der Waals surface area contributed by atoms with Gasteiger partial charge in [-0.05, 0) is 38.6 Å². The smallest absolute Gasteiger partial charge is 0.253 e. The molecule has 1 aliphatic rings. The number of morpholine rings is 1. The van der Waals surface area contributed by atoms with Gasteiger partial charge in [-0.3, -0.25) is 4.79 Å². The average molecular weight is 291 g/mol. The van der Waals surface area contributed by atoms with E-state index in [1.807, 2.05) is 32.0 Å². The van der Waals surface area contributed by atoms with E-state index in [1.165, 1.54) is 0 Å². The number of nitrogens with one attached hydrogen (secondary N) is 2. The minimum absolute atomic E-state index is 0.0530. The van der Waals surface area contributed by atoms with E-state index in [0.29, 0.717) is 12.1 Å². The largest absolute Gasteiger partial charge is 0.385 e. The number of nitrogens with zero attached hydrogens (tertiary/aromatic N) is 1. The minimum atomic E-state index is -0.0530. The molecule has 1 aromatic rings. The van der Waals surface area contributed by atoms with Crippen LogP contribution in [0.1, 0.15) is 22.8 Å². The topological polar surface area (TPSA) is 53.6 Å². The second-order valence-corrected chi connectivity index (χ2v) is 5.54. The summed E-state index contributed by atoms with van der Waals surface area (Å²) < 4.78 is 5.66. The van der Waals surface area contributed by atoms with Crippen LogP contribution < -0.4 is 10.6 Å². The number of aryl methyl sites for hydroxylation is 1. The molecule has 116 valence electrons. The van der Waals surface area contributed by atoms with Gasteiger partial charge in [0, 0.05) is 31.9 Å². The monoisotopic (exact) mass is 291 g/mol. The van der Waals surface area contributed by atoms with Crippen LogP contribution >= 0.6 is 0 Å². The second-order valence-electron chi connectivity index (χ2n) is 5.54. The molecule has 2 rings (SSSR count). The molecule has 5 heteroatoms. The van der Waals surface area contributed by atoms with Gasteiger partial charge in [0.15, 0.2) is 0 Å². The third-order valence-corrected chi connectivity index (χ3v) is 3.62. The maximum Gasteiger partial charge on any atom is 0.253 e. The normalized spacial score (nSPS) is 19.3. The number of anilines is 1. The molecule has 0 bridgehead atoms. The van der Waals surface area contributed by atoms with Gasteiger partial charge in [-0.25, -0.2) is 0 Å². The quantitative estimate of drug-likeness (QED) is 0.863. The van der Waals surface area contributed by atoms with E-state index < -0.39 is 0 Å². The summed E-state index contributed by atoms with van der Waals surface area (Å²) in [7, 11) is 2.07. The summed E-state index contributed by atoms with van der Waals surface area (Å²) in [6, 6.07) is 5.83. The van der Waals surface area contributed by atoms with E-state index in [2.05, 4.69) is 22.6 Å². The Morgan fingerprint density at radius 1 is 1.48 bits per heavy atom. The highest BCUT2D eigenvalue weighted by Crippen LogP contribution is 2.17. The number of carbonyl (C=O) groups is 1. The van der Waals surface area contributed by atoms with Crippen LogP contribution in [-0.4, -0.2) is 56.7 Å². The molecule has 1 saturated heterocycles. The zero-order chi connectivity index (χ0) is 15.2. The summed E-state index contributed by atoms with van der Waals surface area (Å²) in [6.45, 7) is 7.91. The molecule has 21 heavy (non-hydrogen) atoms. The zero-order valence-electron chi connectivity index (χ0n) is 13.1. The van der Waals surface area contributed by atoms with E-state index in [9.17, 15) is 4.79 Å². The van der Waals surface area contributed by atoms with Crippen LogP contribution in [0.2, 0.25) is 0 Å². The van der Waals surface area contributed by atoms with Gasteiger partial charge >= 0.3 is 0 Å². The highest BCUT2D eigenvalue weighted by molar-refractivity contribution is 5.99. The van der Waals surface area contributed by atoms with Crippen LogP contribution in [0.4, 0.5) is 5.69 Å². The van der Waals surface area contributed by atoms with E-state index in [4.69, 9.17) is 4.74 Å². The van der Waals surface area contributed by atoms with Crippen molar-refractivity contribution in [3.05, 3.63) is 29.3 Å². The molecule has 1 amide bonds. The average Bonchev–Trinajstić information content (AvgIpc) is 2.45. The molecule has 0 saturated carbocycles. The Balaban J connectivity index is 1.96. The van der Waals surface area contributed by atoms with Crippen molar-refractivity contribution in [1.82, 2.24) is 10.2 Å². The third-order valence-electron chi connectivity index (χ3n) is 3.62. The molecule has 1 aliphatic heterocycles. The lowest BCUT2D eigenvalue weighted by Gasteiger charge is -2.30. The molecule has 1 atom stereocenters. The van der Waals surface area contributed by atoms with Gasteiger partial charge in [0.05, 0.1) is 18.3 Å². The number of ether oxygens (including phenoxy) is 1. The number of hydrogen-bond donors (Lipinski definition) is 2. The van der Waals surface area contributed by atoms with E-state index in [1.54, 1.807) is 0 Å². The molecule has 1 unspecified atom stereocenters. The van der Waals surface area contributed by atoms with Crippen LogP contribution in [0.15, 0.2) is 18.2 Å². The fourth-order valence-corrected chi connectivity index (χ4v) is 2.48. The maximum atomic E-state index is 12.4. The summed E-state index contributed by atoms with van der Waals surface area (Å²) in [5, 5.41) is 6.22. The van der Waals surface area contributed by atoms with Gasteiger partial charge in [0.2, 0.25) is 0 Å². The summed E-state index contributed by atoms with van der Waals surface area (Å²) in [5.41, 5.74) is 2.71. The van der Waals surface area contributed by atoms with Crippen molar-refractivity contribution in [1.29, 1.82) is 0 Å². The Morgan fingerprint density at radius 3 is 3.00 bits per heavy atom. The van der Waals surface area contributed by atoms with Crippen molar-refractivity contribution in [2.24, 2.45) is 0 Å². The summed E-state index contributed by atoms with van der Waals surface area (Å²) >= 11 is 0. The molecule has 2 N–H and O–H groups in total.